The predicted octanol–water partition coefficient (Wildman–Crippen LogP) is 2.79. The normalized spacial score (nSPS) is 17.4. The zero-order valence-corrected chi connectivity index (χ0v) is 12.5. The van der Waals surface area contributed by atoms with Crippen LogP contribution in [0.25, 0.3) is 0 Å². The highest BCUT2D eigenvalue weighted by molar-refractivity contribution is 5.82. The molecular formula is C15H30N2O. The molecule has 1 aliphatic carbocycles. The van der Waals surface area contributed by atoms with Gasteiger partial charge in [-0.05, 0) is 39.0 Å². The fourth-order valence-corrected chi connectivity index (χ4v) is 2.54. The highest BCUT2D eigenvalue weighted by atomic mass is 16.2. The third kappa shape index (κ3) is 3.98. The standard InChI is InChI=1S/C15H30N2O/c1-12(2)9-10-17(13-7-5-6-8-13)14(18)15(3,4)11-16/h12-13H,5-11,16H2,1-4H3. The van der Waals surface area contributed by atoms with Crippen LogP contribution >= 0.6 is 0 Å². The summed E-state index contributed by atoms with van der Waals surface area (Å²) in [5, 5.41) is 0. The van der Waals surface area contributed by atoms with Gasteiger partial charge in [-0.2, -0.15) is 0 Å². The maximum absolute atomic E-state index is 12.6. The van der Waals surface area contributed by atoms with E-state index in [0.29, 0.717) is 18.5 Å². The quantitative estimate of drug-likeness (QED) is 0.792. The zero-order valence-electron chi connectivity index (χ0n) is 12.5. The minimum Gasteiger partial charge on any atom is -0.339 e. The van der Waals surface area contributed by atoms with Crippen LogP contribution in [0.5, 0.6) is 0 Å². The Labute approximate surface area is 112 Å². The highest BCUT2D eigenvalue weighted by Crippen LogP contribution is 2.28. The molecule has 0 unspecified atom stereocenters. The Bertz CT molecular complexity index is 268. The Kier molecular flexibility index (Phi) is 5.64. The first-order valence-corrected chi connectivity index (χ1v) is 7.39. The lowest BCUT2D eigenvalue weighted by molar-refractivity contribution is -0.142. The number of amides is 1. The average molecular weight is 254 g/mol. The summed E-state index contributed by atoms with van der Waals surface area (Å²) in [4.78, 5) is 14.8. The molecule has 1 rings (SSSR count). The molecule has 0 atom stereocenters. The van der Waals surface area contributed by atoms with Gasteiger partial charge in [-0.25, -0.2) is 0 Å². The molecule has 0 heterocycles. The van der Waals surface area contributed by atoms with E-state index < -0.39 is 5.41 Å². The van der Waals surface area contributed by atoms with Crippen LogP contribution in [0.15, 0.2) is 0 Å². The van der Waals surface area contributed by atoms with E-state index >= 15 is 0 Å². The van der Waals surface area contributed by atoms with Gasteiger partial charge in [0.05, 0.1) is 5.41 Å². The maximum atomic E-state index is 12.6. The Morgan fingerprint density at radius 3 is 2.33 bits per heavy atom. The fourth-order valence-electron chi connectivity index (χ4n) is 2.54. The van der Waals surface area contributed by atoms with Crippen molar-refractivity contribution in [2.45, 2.75) is 65.8 Å². The van der Waals surface area contributed by atoms with Crippen LogP contribution in [0.2, 0.25) is 0 Å². The van der Waals surface area contributed by atoms with Crippen molar-refractivity contribution in [1.29, 1.82) is 0 Å². The first-order chi connectivity index (χ1) is 8.38. The molecule has 0 aromatic heterocycles. The minimum atomic E-state index is -0.417. The van der Waals surface area contributed by atoms with Crippen molar-refractivity contribution in [1.82, 2.24) is 4.90 Å². The highest BCUT2D eigenvalue weighted by Gasteiger charge is 2.35. The van der Waals surface area contributed by atoms with E-state index in [9.17, 15) is 4.79 Å². The van der Waals surface area contributed by atoms with E-state index in [1.807, 2.05) is 13.8 Å². The average Bonchev–Trinajstić information content (AvgIpc) is 2.82. The molecular weight excluding hydrogens is 224 g/mol. The van der Waals surface area contributed by atoms with Crippen LogP contribution in [-0.2, 0) is 4.79 Å². The molecule has 1 fully saturated rings. The summed E-state index contributed by atoms with van der Waals surface area (Å²) in [6.07, 6.45) is 5.95. The van der Waals surface area contributed by atoms with Gasteiger partial charge in [0.15, 0.2) is 0 Å². The van der Waals surface area contributed by atoms with Crippen LogP contribution < -0.4 is 5.73 Å². The molecule has 106 valence electrons. The van der Waals surface area contributed by atoms with E-state index in [4.69, 9.17) is 5.73 Å². The predicted molar refractivity (Wildman–Crippen MR) is 76.3 cm³/mol. The summed E-state index contributed by atoms with van der Waals surface area (Å²) in [5.41, 5.74) is 5.34. The smallest absolute Gasteiger partial charge is 0.229 e. The van der Waals surface area contributed by atoms with Crippen molar-refractivity contribution in [3.05, 3.63) is 0 Å². The van der Waals surface area contributed by atoms with Crippen molar-refractivity contribution >= 4 is 5.91 Å². The van der Waals surface area contributed by atoms with Crippen LogP contribution in [0.3, 0.4) is 0 Å². The fraction of sp³-hybridized carbons (Fsp3) is 0.933. The van der Waals surface area contributed by atoms with Gasteiger partial charge in [-0.3, -0.25) is 4.79 Å². The largest absolute Gasteiger partial charge is 0.339 e. The summed E-state index contributed by atoms with van der Waals surface area (Å²) >= 11 is 0. The van der Waals surface area contributed by atoms with E-state index in [1.165, 1.54) is 25.7 Å². The molecule has 3 nitrogen and oxygen atoms in total. The lowest BCUT2D eigenvalue weighted by Crippen LogP contribution is -2.49. The van der Waals surface area contributed by atoms with Gasteiger partial charge in [0, 0.05) is 19.1 Å². The number of rotatable bonds is 6. The van der Waals surface area contributed by atoms with Gasteiger partial charge in [-0.15, -0.1) is 0 Å². The number of nitrogens with two attached hydrogens (primary N) is 1. The van der Waals surface area contributed by atoms with Crippen molar-refractivity contribution in [3.63, 3.8) is 0 Å². The zero-order chi connectivity index (χ0) is 13.8. The van der Waals surface area contributed by atoms with Gasteiger partial charge < -0.3 is 10.6 Å². The third-order valence-corrected chi connectivity index (χ3v) is 4.06. The SMILES string of the molecule is CC(C)CCN(C(=O)C(C)(C)CN)C1CCCC1. The molecule has 1 aliphatic rings. The minimum absolute atomic E-state index is 0.248. The second-order valence-corrected chi connectivity index (χ2v) is 6.71. The van der Waals surface area contributed by atoms with Crippen LogP contribution in [0.1, 0.15) is 59.8 Å². The molecule has 1 saturated carbocycles. The molecule has 0 aliphatic heterocycles. The van der Waals surface area contributed by atoms with E-state index in [-0.39, 0.29) is 5.91 Å². The van der Waals surface area contributed by atoms with Gasteiger partial charge in [0.2, 0.25) is 5.91 Å². The van der Waals surface area contributed by atoms with Gasteiger partial charge in [0.1, 0.15) is 0 Å². The second kappa shape index (κ2) is 6.55. The molecule has 0 aromatic rings. The van der Waals surface area contributed by atoms with E-state index in [1.54, 1.807) is 0 Å². The van der Waals surface area contributed by atoms with Crippen molar-refractivity contribution in [2.75, 3.05) is 13.1 Å². The van der Waals surface area contributed by atoms with Crippen molar-refractivity contribution in [3.8, 4) is 0 Å². The first-order valence-electron chi connectivity index (χ1n) is 7.39. The number of carbonyl (C=O) groups excluding carboxylic acids is 1. The topological polar surface area (TPSA) is 46.3 Å². The van der Waals surface area contributed by atoms with Crippen molar-refractivity contribution in [2.24, 2.45) is 17.1 Å². The van der Waals surface area contributed by atoms with Crippen LogP contribution in [-0.4, -0.2) is 29.9 Å². The Balaban J connectivity index is 2.72. The summed E-state index contributed by atoms with van der Waals surface area (Å²) < 4.78 is 0. The molecule has 18 heavy (non-hydrogen) atoms. The van der Waals surface area contributed by atoms with Crippen LogP contribution in [0.4, 0.5) is 0 Å². The molecule has 2 N–H and O–H groups in total. The summed E-state index contributed by atoms with van der Waals surface area (Å²) in [5.74, 6) is 0.889. The Morgan fingerprint density at radius 2 is 1.89 bits per heavy atom. The first kappa shape index (κ1) is 15.5. The molecule has 0 aromatic carbocycles. The molecule has 1 amide bonds. The van der Waals surface area contributed by atoms with E-state index in [2.05, 4.69) is 18.7 Å². The maximum Gasteiger partial charge on any atom is 0.229 e. The lowest BCUT2D eigenvalue weighted by atomic mass is 9.90. The molecule has 0 saturated heterocycles. The third-order valence-electron chi connectivity index (χ3n) is 4.06. The number of nitrogens with zero attached hydrogens (tertiary/aromatic N) is 1. The summed E-state index contributed by atoms with van der Waals surface area (Å²) in [6.45, 7) is 9.68. The second-order valence-electron chi connectivity index (χ2n) is 6.71. The van der Waals surface area contributed by atoms with Crippen molar-refractivity contribution < 1.29 is 4.79 Å². The lowest BCUT2D eigenvalue weighted by Gasteiger charge is -2.36. The van der Waals surface area contributed by atoms with Gasteiger partial charge >= 0.3 is 0 Å². The molecule has 0 bridgehead atoms. The Hall–Kier alpha value is -0.570. The summed E-state index contributed by atoms with van der Waals surface area (Å²) in [7, 11) is 0. The van der Waals surface area contributed by atoms with E-state index in [0.717, 1.165) is 13.0 Å². The number of hydrogen-bond donors (Lipinski definition) is 1. The molecule has 0 radical (unpaired) electrons. The number of carbonyl (C=O) groups is 1. The Morgan fingerprint density at radius 1 is 1.33 bits per heavy atom. The van der Waals surface area contributed by atoms with Crippen LogP contribution in [0, 0.1) is 11.3 Å². The molecule has 0 spiro atoms. The molecule has 3 heteroatoms. The van der Waals surface area contributed by atoms with Gasteiger partial charge in [0.25, 0.3) is 0 Å². The number of hydrogen-bond acceptors (Lipinski definition) is 2. The monoisotopic (exact) mass is 254 g/mol. The van der Waals surface area contributed by atoms with Gasteiger partial charge in [-0.1, -0.05) is 26.7 Å². The summed E-state index contributed by atoms with van der Waals surface area (Å²) in [6, 6.07) is 0.460.